The molecule has 1 N–H and O–H groups in total. The first-order chi connectivity index (χ1) is 6.99. The molecular weight excluding hydrogens is 184 g/mol. The fraction of sp³-hybridized carbons (Fsp3) is 0.857. The normalized spacial score (nSPS) is 52.1. The first-order valence-corrected chi connectivity index (χ1v) is 6.36. The molecule has 0 spiro atoms. The van der Waals surface area contributed by atoms with Crippen LogP contribution in [-0.4, -0.2) is 10.7 Å². The van der Waals surface area contributed by atoms with Crippen molar-refractivity contribution in [3.05, 3.63) is 12.2 Å². The molecule has 0 amide bonds. The van der Waals surface area contributed by atoms with Gasteiger partial charge in [-0.2, -0.15) is 0 Å². The quantitative estimate of drug-likeness (QED) is 0.687. The van der Waals surface area contributed by atoms with Gasteiger partial charge in [0.2, 0.25) is 0 Å². The van der Waals surface area contributed by atoms with Crippen molar-refractivity contribution in [2.24, 2.45) is 17.3 Å². The Hall–Kier alpha value is -0.300. The second kappa shape index (κ2) is 2.88. The minimum absolute atomic E-state index is 0.292. The zero-order valence-corrected chi connectivity index (χ0v) is 9.76. The lowest BCUT2D eigenvalue weighted by Gasteiger charge is -2.60. The van der Waals surface area contributed by atoms with Crippen molar-refractivity contribution in [2.75, 3.05) is 0 Å². The van der Waals surface area contributed by atoms with Crippen molar-refractivity contribution >= 4 is 0 Å². The predicted molar refractivity (Wildman–Crippen MR) is 61.5 cm³/mol. The third-order valence-electron chi connectivity index (χ3n) is 4.83. The van der Waals surface area contributed by atoms with Crippen LogP contribution in [0.25, 0.3) is 0 Å². The highest BCUT2D eigenvalue weighted by Crippen LogP contribution is 2.63. The van der Waals surface area contributed by atoms with Crippen LogP contribution in [0.3, 0.4) is 0 Å². The molecule has 2 atom stereocenters. The fourth-order valence-corrected chi connectivity index (χ4v) is 5.25. The zero-order valence-electron chi connectivity index (χ0n) is 9.76. The van der Waals surface area contributed by atoms with E-state index in [0.717, 1.165) is 37.5 Å². The third kappa shape index (κ3) is 1.56. The van der Waals surface area contributed by atoms with Crippen LogP contribution in [0.2, 0.25) is 0 Å². The van der Waals surface area contributed by atoms with Crippen LogP contribution >= 0.6 is 0 Å². The lowest BCUT2D eigenvalue weighted by molar-refractivity contribution is -0.163. The van der Waals surface area contributed by atoms with Gasteiger partial charge in [-0.3, -0.25) is 0 Å². The smallest absolute Gasteiger partial charge is 0.0658 e. The number of allylic oxidation sites excluding steroid dienone is 1. The molecule has 0 saturated heterocycles. The van der Waals surface area contributed by atoms with E-state index in [1.54, 1.807) is 0 Å². The number of hydrogen-bond donors (Lipinski definition) is 1. The summed E-state index contributed by atoms with van der Waals surface area (Å²) in [5, 5.41) is 10.6. The molecular formula is C14H22O. The highest BCUT2D eigenvalue weighted by Gasteiger charge is 2.56. The van der Waals surface area contributed by atoms with Crippen molar-refractivity contribution in [1.82, 2.24) is 0 Å². The second-order valence-electron chi connectivity index (χ2n) is 6.82. The van der Waals surface area contributed by atoms with E-state index in [1.165, 1.54) is 24.8 Å². The van der Waals surface area contributed by atoms with Crippen LogP contribution in [0.4, 0.5) is 0 Å². The van der Waals surface area contributed by atoms with Crippen molar-refractivity contribution < 1.29 is 5.11 Å². The molecule has 1 nitrogen and oxygen atoms in total. The van der Waals surface area contributed by atoms with Crippen LogP contribution in [0.1, 0.15) is 51.9 Å². The summed E-state index contributed by atoms with van der Waals surface area (Å²) < 4.78 is 0. The highest BCUT2D eigenvalue weighted by molar-refractivity contribution is 5.11. The van der Waals surface area contributed by atoms with Crippen molar-refractivity contribution in [1.29, 1.82) is 0 Å². The van der Waals surface area contributed by atoms with E-state index >= 15 is 0 Å². The van der Waals surface area contributed by atoms with Gasteiger partial charge < -0.3 is 5.11 Å². The molecule has 0 radical (unpaired) electrons. The minimum atomic E-state index is -0.292. The number of rotatable bonds is 2. The molecule has 15 heavy (non-hydrogen) atoms. The number of hydrogen-bond acceptors (Lipinski definition) is 1. The van der Waals surface area contributed by atoms with Gasteiger partial charge >= 0.3 is 0 Å². The molecule has 4 bridgehead atoms. The SMILES string of the molecule is C=C(C)CC12CC3CC(CC(O)(C3)C1)C2. The summed E-state index contributed by atoms with van der Waals surface area (Å²) in [6.07, 6.45) is 8.49. The van der Waals surface area contributed by atoms with E-state index in [4.69, 9.17) is 0 Å². The van der Waals surface area contributed by atoms with E-state index in [2.05, 4.69) is 13.5 Å². The van der Waals surface area contributed by atoms with Crippen LogP contribution in [0, 0.1) is 17.3 Å². The third-order valence-corrected chi connectivity index (χ3v) is 4.83. The molecule has 4 fully saturated rings. The average molecular weight is 206 g/mol. The highest BCUT2D eigenvalue weighted by atomic mass is 16.3. The van der Waals surface area contributed by atoms with Gasteiger partial charge in [-0.15, -0.1) is 6.58 Å². The first kappa shape index (κ1) is 9.89. The maximum Gasteiger partial charge on any atom is 0.0658 e. The Labute approximate surface area is 92.6 Å². The van der Waals surface area contributed by atoms with E-state index in [-0.39, 0.29) is 5.60 Å². The molecule has 4 saturated carbocycles. The first-order valence-electron chi connectivity index (χ1n) is 6.36. The molecule has 4 rings (SSSR count). The molecule has 0 heterocycles. The van der Waals surface area contributed by atoms with Gasteiger partial charge in [-0.1, -0.05) is 5.57 Å². The molecule has 4 aliphatic carbocycles. The molecule has 0 aliphatic heterocycles. The van der Waals surface area contributed by atoms with Gasteiger partial charge in [-0.05, 0) is 69.1 Å². The minimum Gasteiger partial charge on any atom is -0.390 e. The summed E-state index contributed by atoms with van der Waals surface area (Å²) in [5.74, 6) is 1.63. The summed E-state index contributed by atoms with van der Waals surface area (Å²) in [4.78, 5) is 0. The Balaban J connectivity index is 1.89. The van der Waals surface area contributed by atoms with Gasteiger partial charge in [0.05, 0.1) is 5.60 Å². The van der Waals surface area contributed by atoms with Crippen LogP contribution in [0.15, 0.2) is 12.2 Å². The van der Waals surface area contributed by atoms with Gasteiger partial charge in [0.15, 0.2) is 0 Å². The van der Waals surface area contributed by atoms with Crippen molar-refractivity contribution in [3.8, 4) is 0 Å². The standard InChI is InChI=1S/C14H22O/c1-10(2)4-13-5-11-3-12(6-13)8-14(15,7-11)9-13/h11-12,15H,1,3-9H2,2H3. The van der Waals surface area contributed by atoms with E-state index in [0.29, 0.717) is 5.41 Å². The Morgan fingerprint density at radius 3 is 2.33 bits per heavy atom. The Morgan fingerprint density at radius 1 is 1.27 bits per heavy atom. The maximum atomic E-state index is 10.6. The Bertz CT molecular complexity index is 290. The second-order valence-corrected chi connectivity index (χ2v) is 6.82. The monoisotopic (exact) mass is 206 g/mol. The fourth-order valence-electron chi connectivity index (χ4n) is 5.25. The predicted octanol–water partition coefficient (Wildman–Crippen LogP) is 3.28. The van der Waals surface area contributed by atoms with Gasteiger partial charge in [0.1, 0.15) is 0 Å². The Kier molecular flexibility index (Phi) is 1.90. The number of aliphatic hydroxyl groups is 1. The summed E-state index contributed by atoms with van der Waals surface area (Å²) in [6.45, 7) is 6.21. The summed E-state index contributed by atoms with van der Waals surface area (Å²) in [5.41, 5.74) is 1.45. The molecule has 4 aliphatic rings. The van der Waals surface area contributed by atoms with Gasteiger partial charge in [0, 0.05) is 0 Å². The van der Waals surface area contributed by atoms with Crippen LogP contribution < -0.4 is 0 Å². The Morgan fingerprint density at radius 2 is 1.87 bits per heavy atom. The summed E-state index contributed by atoms with van der Waals surface area (Å²) in [6, 6.07) is 0. The molecule has 1 heteroatoms. The lowest BCUT2D eigenvalue weighted by Crippen LogP contribution is -2.55. The molecule has 84 valence electrons. The van der Waals surface area contributed by atoms with Crippen molar-refractivity contribution in [2.45, 2.75) is 57.5 Å². The van der Waals surface area contributed by atoms with Gasteiger partial charge in [-0.25, -0.2) is 0 Å². The largest absolute Gasteiger partial charge is 0.390 e. The molecule has 0 aromatic heterocycles. The molecule has 0 aromatic carbocycles. The lowest BCUT2D eigenvalue weighted by atomic mass is 9.47. The van der Waals surface area contributed by atoms with E-state index in [9.17, 15) is 5.11 Å². The zero-order chi connectivity index (χ0) is 10.7. The maximum absolute atomic E-state index is 10.6. The molecule has 0 aromatic rings. The van der Waals surface area contributed by atoms with E-state index in [1.807, 2.05) is 0 Å². The van der Waals surface area contributed by atoms with Crippen LogP contribution in [-0.2, 0) is 0 Å². The van der Waals surface area contributed by atoms with Gasteiger partial charge in [0.25, 0.3) is 0 Å². The summed E-state index contributed by atoms with van der Waals surface area (Å²) in [7, 11) is 0. The van der Waals surface area contributed by atoms with Crippen LogP contribution in [0.5, 0.6) is 0 Å². The average Bonchev–Trinajstić information content (AvgIpc) is 1.94. The topological polar surface area (TPSA) is 20.2 Å². The van der Waals surface area contributed by atoms with Crippen molar-refractivity contribution in [3.63, 3.8) is 0 Å². The summed E-state index contributed by atoms with van der Waals surface area (Å²) >= 11 is 0. The molecule has 2 unspecified atom stereocenters. The van der Waals surface area contributed by atoms with E-state index < -0.39 is 0 Å².